The van der Waals surface area contributed by atoms with Gasteiger partial charge < -0.3 is 19.8 Å². The number of fused-ring (bicyclic) bond motifs is 3. The number of furan rings is 1. The first-order valence-corrected chi connectivity index (χ1v) is 9.07. The van der Waals surface area contributed by atoms with Gasteiger partial charge in [0.25, 0.3) is 5.91 Å². The number of carbonyl (C=O) groups is 2. The third kappa shape index (κ3) is 4.56. The summed E-state index contributed by atoms with van der Waals surface area (Å²) in [6.07, 6.45) is 4.35. The number of aryl methyl sites for hydroxylation is 2. The van der Waals surface area contributed by atoms with Crippen LogP contribution in [0.1, 0.15) is 44.9 Å². The molecule has 1 aliphatic carbocycles. The Morgan fingerprint density at radius 3 is 2.69 bits per heavy atom. The van der Waals surface area contributed by atoms with Crippen LogP contribution in [-0.2, 0) is 22.4 Å². The Morgan fingerprint density at radius 1 is 1.15 bits per heavy atom. The first-order chi connectivity index (χ1) is 12.3. The third-order valence-corrected chi connectivity index (χ3v) is 4.26. The molecule has 2 N–H and O–H groups in total. The van der Waals surface area contributed by atoms with Crippen molar-refractivity contribution >= 4 is 22.8 Å². The van der Waals surface area contributed by atoms with Crippen molar-refractivity contribution in [1.29, 1.82) is 0 Å². The van der Waals surface area contributed by atoms with Crippen LogP contribution in [0.3, 0.4) is 0 Å². The molecular formula is C20H26N2O4. The Kier molecular flexibility index (Phi) is 5.20. The molecule has 6 nitrogen and oxygen atoms in total. The van der Waals surface area contributed by atoms with Crippen molar-refractivity contribution < 1.29 is 18.7 Å². The monoisotopic (exact) mass is 358 g/mol. The second-order valence-electron chi connectivity index (χ2n) is 7.73. The second kappa shape index (κ2) is 7.40. The summed E-state index contributed by atoms with van der Waals surface area (Å²) in [4.78, 5) is 23.6. The molecule has 0 radical (unpaired) electrons. The molecule has 1 aromatic heterocycles. The number of rotatable bonds is 5. The Bertz CT molecular complexity index is 817. The highest BCUT2D eigenvalue weighted by Crippen LogP contribution is 2.33. The molecule has 0 spiro atoms. The summed E-state index contributed by atoms with van der Waals surface area (Å²) >= 11 is 0. The predicted octanol–water partition coefficient (Wildman–Crippen LogP) is 2.72. The predicted molar refractivity (Wildman–Crippen MR) is 99.3 cm³/mol. The Morgan fingerprint density at radius 2 is 1.92 bits per heavy atom. The van der Waals surface area contributed by atoms with E-state index >= 15 is 0 Å². The molecule has 1 aliphatic rings. The zero-order valence-electron chi connectivity index (χ0n) is 15.6. The smallest absolute Gasteiger partial charge is 0.258 e. The highest BCUT2D eigenvalue weighted by atomic mass is 16.5. The summed E-state index contributed by atoms with van der Waals surface area (Å²) in [5.41, 5.74) is 1.81. The van der Waals surface area contributed by atoms with Gasteiger partial charge >= 0.3 is 0 Å². The first kappa shape index (κ1) is 18.3. The molecule has 0 unspecified atom stereocenters. The van der Waals surface area contributed by atoms with E-state index in [-0.39, 0.29) is 30.5 Å². The van der Waals surface area contributed by atoms with Gasteiger partial charge in [-0.15, -0.1) is 0 Å². The lowest BCUT2D eigenvalue weighted by Gasteiger charge is -2.20. The van der Waals surface area contributed by atoms with Crippen LogP contribution in [0.15, 0.2) is 22.6 Å². The van der Waals surface area contributed by atoms with E-state index in [1.165, 1.54) is 18.4 Å². The zero-order chi connectivity index (χ0) is 18.7. The van der Waals surface area contributed by atoms with Crippen molar-refractivity contribution in [3.05, 3.63) is 29.5 Å². The molecule has 1 heterocycles. The molecule has 2 amide bonds. The van der Waals surface area contributed by atoms with Gasteiger partial charge in [0.05, 0.1) is 6.54 Å². The number of ether oxygens (including phenoxy) is 1. The van der Waals surface area contributed by atoms with Crippen LogP contribution in [-0.4, -0.2) is 30.5 Å². The van der Waals surface area contributed by atoms with E-state index in [2.05, 4.69) is 10.6 Å². The minimum Gasteiger partial charge on any atom is -0.484 e. The fourth-order valence-corrected chi connectivity index (χ4v) is 3.17. The number of hydrogen-bond acceptors (Lipinski definition) is 4. The fourth-order valence-electron chi connectivity index (χ4n) is 3.17. The molecule has 140 valence electrons. The van der Waals surface area contributed by atoms with Crippen molar-refractivity contribution in [2.45, 2.75) is 52.0 Å². The van der Waals surface area contributed by atoms with Gasteiger partial charge in [-0.2, -0.15) is 0 Å². The first-order valence-electron chi connectivity index (χ1n) is 9.07. The minimum atomic E-state index is -0.330. The molecule has 0 saturated heterocycles. The van der Waals surface area contributed by atoms with Crippen LogP contribution in [0.2, 0.25) is 0 Å². The number of hydrogen-bond donors (Lipinski definition) is 2. The normalized spacial score (nSPS) is 14.0. The largest absolute Gasteiger partial charge is 0.484 e. The van der Waals surface area contributed by atoms with Crippen molar-refractivity contribution in [3.8, 4) is 5.75 Å². The number of carbonyl (C=O) groups excluding carboxylic acids is 2. The van der Waals surface area contributed by atoms with Crippen molar-refractivity contribution in [2.24, 2.45) is 0 Å². The van der Waals surface area contributed by atoms with Gasteiger partial charge in [-0.1, -0.05) is 0 Å². The molecule has 0 aliphatic heterocycles. The van der Waals surface area contributed by atoms with Gasteiger partial charge in [0.15, 0.2) is 6.61 Å². The molecule has 0 bridgehead atoms. The summed E-state index contributed by atoms with van der Waals surface area (Å²) in [7, 11) is 0. The van der Waals surface area contributed by atoms with E-state index in [4.69, 9.17) is 9.15 Å². The molecule has 6 heteroatoms. The fraction of sp³-hybridized carbons (Fsp3) is 0.500. The molecule has 0 fully saturated rings. The van der Waals surface area contributed by atoms with Crippen LogP contribution in [0.5, 0.6) is 5.75 Å². The summed E-state index contributed by atoms with van der Waals surface area (Å²) in [5, 5.41) is 6.42. The lowest BCUT2D eigenvalue weighted by atomic mass is 9.96. The van der Waals surface area contributed by atoms with E-state index < -0.39 is 0 Å². The van der Waals surface area contributed by atoms with Gasteiger partial charge in [-0.25, -0.2) is 0 Å². The Balaban J connectivity index is 1.54. The standard InChI is InChI=1S/C20H26N2O4/c1-20(2,3)22-18(23)11-21-19(24)12-25-13-8-9-17-15(10-13)14-6-4-5-7-16(14)26-17/h8-10H,4-7,11-12H2,1-3H3,(H,21,24)(H,22,23). The van der Waals surface area contributed by atoms with Gasteiger partial charge in [-0.05, 0) is 58.2 Å². The van der Waals surface area contributed by atoms with Crippen LogP contribution in [0, 0.1) is 0 Å². The van der Waals surface area contributed by atoms with Crippen molar-refractivity contribution in [1.82, 2.24) is 10.6 Å². The maximum absolute atomic E-state index is 11.9. The van der Waals surface area contributed by atoms with Crippen LogP contribution < -0.4 is 15.4 Å². The number of nitrogens with one attached hydrogen (secondary N) is 2. The lowest BCUT2D eigenvalue weighted by Crippen LogP contribution is -2.46. The molecular weight excluding hydrogens is 332 g/mol. The van der Waals surface area contributed by atoms with E-state index in [0.717, 1.165) is 29.6 Å². The highest BCUT2D eigenvalue weighted by Gasteiger charge is 2.18. The number of amides is 2. The van der Waals surface area contributed by atoms with Crippen LogP contribution >= 0.6 is 0 Å². The molecule has 3 rings (SSSR count). The molecule has 2 aromatic rings. The zero-order valence-corrected chi connectivity index (χ0v) is 15.6. The highest BCUT2D eigenvalue weighted by molar-refractivity contribution is 5.86. The van der Waals surface area contributed by atoms with Gasteiger partial charge in [0, 0.05) is 22.9 Å². The molecule has 0 atom stereocenters. The van der Waals surface area contributed by atoms with Crippen molar-refractivity contribution in [3.63, 3.8) is 0 Å². The average molecular weight is 358 g/mol. The van der Waals surface area contributed by atoms with E-state index in [1.54, 1.807) is 6.07 Å². The minimum absolute atomic E-state index is 0.0618. The Labute approximate surface area is 153 Å². The maximum atomic E-state index is 11.9. The van der Waals surface area contributed by atoms with Gasteiger partial charge in [0.2, 0.25) is 5.91 Å². The molecule has 1 aromatic carbocycles. The van der Waals surface area contributed by atoms with Crippen LogP contribution in [0.4, 0.5) is 0 Å². The summed E-state index contributed by atoms with van der Waals surface area (Å²) in [6, 6.07) is 5.62. The van der Waals surface area contributed by atoms with Crippen LogP contribution in [0.25, 0.3) is 11.0 Å². The van der Waals surface area contributed by atoms with Gasteiger partial charge in [-0.3, -0.25) is 9.59 Å². The van der Waals surface area contributed by atoms with E-state index in [9.17, 15) is 9.59 Å². The lowest BCUT2D eigenvalue weighted by molar-refractivity contribution is -0.127. The quantitative estimate of drug-likeness (QED) is 0.861. The number of benzene rings is 1. The third-order valence-electron chi connectivity index (χ3n) is 4.26. The van der Waals surface area contributed by atoms with E-state index in [1.807, 2.05) is 32.9 Å². The summed E-state index contributed by atoms with van der Waals surface area (Å²) in [6.45, 7) is 5.48. The summed E-state index contributed by atoms with van der Waals surface area (Å²) in [5.74, 6) is 1.15. The van der Waals surface area contributed by atoms with Crippen molar-refractivity contribution in [2.75, 3.05) is 13.2 Å². The summed E-state index contributed by atoms with van der Waals surface area (Å²) < 4.78 is 11.5. The second-order valence-corrected chi connectivity index (χ2v) is 7.73. The van der Waals surface area contributed by atoms with E-state index in [0.29, 0.717) is 5.75 Å². The molecule has 0 saturated carbocycles. The maximum Gasteiger partial charge on any atom is 0.258 e. The average Bonchev–Trinajstić information content (AvgIpc) is 2.94. The topological polar surface area (TPSA) is 80.6 Å². The molecule has 26 heavy (non-hydrogen) atoms. The van der Waals surface area contributed by atoms with Gasteiger partial charge in [0.1, 0.15) is 17.1 Å². The Hall–Kier alpha value is -2.50. The SMILES string of the molecule is CC(C)(C)NC(=O)CNC(=O)COc1ccc2oc3c(c2c1)CCCC3.